The van der Waals surface area contributed by atoms with Crippen LogP contribution in [0.1, 0.15) is 26.3 Å². The van der Waals surface area contributed by atoms with Crippen LogP contribution in [-0.4, -0.2) is 35.7 Å². The molecule has 3 rings (SSSR count). The van der Waals surface area contributed by atoms with Crippen LogP contribution in [0.4, 0.5) is 5.69 Å². The molecule has 4 N–H and O–H groups in total. The van der Waals surface area contributed by atoms with E-state index >= 15 is 0 Å². The van der Waals surface area contributed by atoms with Crippen molar-refractivity contribution >= 4 is 38.4 Å². The smallest absolute Gasteiger partial charge is 0.335 e. The summed E-state index contributed by atoms with van der Waals surface area (Å²) < 4.78 is 28.1. The lowest BCUT2D eigenvalue weighted by atomic mass is 10.1. The summed E-state index contributed by atoms with van der Waals surface area (Å²) in [6.07, 6.45) is 0. The molecule has 3 aromatic carbocycles. The maximum atomic E-state index is 13.0. The van der Waals surface area contributed by atoms with Crippen molar-refractivity contribution in [3.05, 3.63) is 65.2 Å². The Balaban J connectivity index is 2.16. The monoisotopic (exact) mass is 401 g/mol. The maximum Gasteiger partial charge on any atom is 0.335 e. The number of aryl methyl sites for hydroxylation is 1. The number of phenols is 1. The molecule has 0 saturated carbocycles. The Morgan fingerprint density at radius 1 is 0.893 bits per heavy atom. The highest BCUT2D eigenvalue weighted by Crippen LogP contribution is 2.34. The van der Waals surface area contributed by atoms with Gasteiger partial charge >= 0.3 is 11.9 Å². The number of benzene rings is 3. The van der Waals surface area contributed by atoms with Crippen LogP contribution in [0.5, 0.6) is 5.75 Å². The summed E-state index contributed by atoms with van der Waals surface area (Å²) in [4.78, 5) is 22.3. The number of hydrogen-bond donors (Lipinski definition) is 4. The van der Waals surface area contributed by atoms with Gasteiger partial charge in [-0.1, -0.05) is 24.3 Å². The topological polar surface area (TPSA) is 141 Å². The second-order valence-corrected chi connectivity index (χ2v) is 7.75. The fraction of sp³-hybridized carbons (Fsp3) is 0.0526. The molecule has 0 heterocycles. The summed E-state index contributed by atoms with van der Waals surface area (Å²) in [5.41, 5.74) is -0.606. The highest BCUT2D eigenvalue weighted by Gasteiger charge is 2.22. The van der Waals surface area contributed by atoms with E-state index in [0.29, 0.717) is 10.9 Å². The van der Waals surface area contributed by atoms with Crippen LogP contribution in [0.25, 0.3) is 10.8 Å². The lowest BCUT2D eigenvalue weighted by molar-refractivity contribution is 0.0696. The Morgan fingerprint density at radius 2 is 1.43 bits per heavy atom. The summed E-state index contributed by atoms with van der Waals surface area (Å²) >= 11 is 0. The molecule has 0 saturated heterocycles. The summed E-state index contributed by atoms with van der Waals surface area (Å²) in [5.74, 6) is -2.83. The number of sulfonamides is 1. The van der Waals surface area contributed by atoms with Gasteiger partial charge in [0.1, 0.15) is 5.75 Å². The standard InChI is InChI=1S/C19H15NO7S/c1-10-6-16(14-4-2-3-5-15(14)17(10)21)28(26,27)20-13-8-11(18(22)23)7-12(9-13)19(24)25/h2-9,20-21H,1H3,(H,22,23)(H,24,25). The number of rotatable bonds is 5. The molecule has 0 aliphatic carbocycles. The molecule has 0 bridgehead atoms. The minimum absolute atomic E-state index is 0.0458. The predicted molar refractivity (Wildman–Crippen MR) is 102 cm³/mol. The molecule has 0 amide bonds. The highest BCUT2D eigenvalue weighted by atomic mass is 32.2. The van der Waals surface area contributed by atoms with Crippen molar-refractivity contribution < 1.29 is 33.3 Å². The normalized spacial score (nSPS) is 11.3. The number of aromatic hydroxyl groups is 1. The minimum atomic E-state index is -4.21. The zero-order chi connectivity index (χ0) is 20.6. The number of aromatic carboxylic acids is 2. The number of carboxylic acid groups (broad SMARTS) is 2. The average molecular weight is 401 g/mol. The first kappa shape index (κ1) is 19.2. The molecule has 3 aromatic rings. The molecule has 0 aliphatic rings. The second kappa shape index (κ2) is 6.86. The van der Waals surface area contributed by atoms with E-state index in [-0.39, 0.29) is 32.8 Å². The van der Waals surface area contributed by atoms with E-state index in [1.54, 1.807) is 25.1 Å². The number of phenolic OH excluding ortho intramolecular Hbond substituents is 1. The number of anilines is 1. The largest absolute Gasteiger partial charge is 0.507 e. The number of hydrogen-bond acceptors (Lipinski definition) is 5. The first-order valence-electron chi connectivity index (χ1n) is 7.96. The summed E-state index contributed by atoms with van der Waals surface area (Å²) in [6, 6.07) is 10.7. The van der Waals surface area contributed by atoms with Gasteiger partial charge in [-0.15, -0.1) is 0 Å². The van der Waals surface area contributed by atoms with Crippen molar-refractivity contribution in [2.45, 2.75) is 11.8 Å². The second-order valence-electron chi connectivity index (χ2n) is 6.10. The average Bonchev–Trinajstić information content (AvgIpc) is 2.63. The molecule has 144 valence electrons. The fourth-order valence-corrected chi connectivity index (χ4v) is 4.16. The molecular weight excluding hydrogens is 386 g/mol. The van der Waals surface area contributed by atoms with Gasteiger partial charge in [-0.2, -0.15) is 0 Å². The lowest BCUT2D eigenvalue weighted by Gasteiger charge is -2.14. The quantitative estimate of drug-likeness (QED) is 0.515. The molecule has 0 spiro atoms. The van der Waals surface area contributed by atoms with Crippen molar-refractivity contribution in [1.82, 2.24) is 0 Å². The Morgan fingerprint density at radius 3 is 1.96 bits per heavy atom. The van der Waals surface area contributed by atoms with Gasteiger partial charge in [0.05, 0.1) is 21.7 Å². The number of carboxylic acids is 2. The number of nitrogens with one attached hydrogen (secondary N) is 1. The van der Waals surface area contributed by atoms with Crippen LogP contribution in [0, 0.1) is 6.92 Å². The van der Waals surface area contributed by atoms with E-state index in [4.69, 9.17) is 10.2 Å². The highest BCUT2D eigenvalue weighted by molar-refractivity contribution is 7.93. The number of carbonyl (C=O) groups is 2. The third kappa shape index (κ3) is 3.47. The molecule has 28 heavy (non-hydrogen) atoms. The SMILES string of the molecule is Cc1cc(S(=O)(=O)Nc2cc(C(=O)O)cc(C(=O)O)c2)c2ccccc2c1O. The van der Waals surface area contributed by atoms with Gasteiger partial charge in [0.15, 0.2) is 0 Å². The molecule has 0 aromatic heterocycles. The Kier molecular flexibility index (Phi) is 4.70. The minimum Gasteiger partial charge on any atom is -0.507 e. The van der Waals surface area contributed by atoms with Gasteiger partial charge in [0, 0.05) is 10.8 Å². The Hall–Kier alpha value is -3.59. The zero-order valence-electron chi connectivity index (χ0n) is 14.5. The van der Waals surface area contributed by atoms with Crippen LogP contribution >= 0.6 is 0 Å². The van der Waals surface area contributed by atoms with E-state index in [9.17, 15) is 23.1 Å². The van der Waals surface area contributed by atoms with E-state index in [1.807, 2.05) is 0 Å². The van der Waals surface area contributed by atoms with Crippen molar-refractivity contribution in [2.24, 2.45) is 0 Å². The first-order valence-corrected chi connectivity index (χ1v) is 9.44. The fourth-order valence-electron chi connectivity index (χ4n) is 2.83. The van der Waals surface area contributed by atoms with Gasteiger partial charge < -0.3 is 15.3 Å². The molecule has 9 heteroatoms. The molecular formula is C19H15NO7S. The molecule has 8 nitrogen and oxygen atoms in total. The Labute approximate surface area is 159 Å². The summed E-state index contributed by atoms with van der Waals surface area (Å²) in [7, 11) is -4.21. The van der Waals surface area contributed by atoms with Crippen molar-refractivity contribution in [2.75, 3.05) is 4.72 Å². The van der Waals surface area contributed by atoms with Gasteiger partial charge in [0.2, 0.25) is 0 Å². The molecule has 0 aliphatic heterocycles. The van der Waals surface area contributed by atoms with E-state index < -0.39 is 22.0 Å². The zero-order valence-corrected chi connectivity index (χ0v) is 15.3. The molecule has 0 atom stereocenters. The Bertz CT molecular complexity index is 1200. The maximum absolute atomic E-state index is 13.0. The van der Waals surface area contributed by atoms with Gasteiger partial charge in [-0.25, -0.2) is 18.0 Å². The van der Waals surface area contributed by atoms with Crippen molar-refractivity contribution in [3.8, 4) is 5.75 Å². The summed E-state index contributed by atoms with van der Waals surface area (Å²) in [5, 5.41) is 29.1. The third-order valence-electron chi connectivity index (χ3n) is 4.14. The van der Waals surface area contributed by atoms with Crippen molar-refractivity contribution in [3.63, 3.8) is 0 Å². The number of fused-ring (bicyclic) bond motifs is 1. The molecule has 0 radical (unpaired) electrons. The van der Waals surface area contributed by atoms with Crippen LogP contribution in [0.2, 0.25) is 0 Å². The van der Waals surface area contributed by atoms with Gasteiger partial charge in [-0.05, 0) is 36.8 Å². The van der Waals surface area contributed by atoms with Crippen LogP contribution in [-0.2, 0) is 10.0 Å². The van der Waals surface area contributed by atoms with Crippen molar-refractivity contribution in [1.29, 1.82) is 0 Å². The third-order valence-corrected chi connectivity index (χ3v) is 5.56. The van der Waals surface area contributed by atoms with Gasteiger partial charge in [-0.3, -0.25) is 4.72 Å². The first-order chi connectivity index (χ1) is 13.1. The summed E-state index contributed by atoms with van der Waals surface area (Å²) in [6.45, 7) is 1.55. The van der Waals surface area contributed by atoms with Crippen LogP contribution in [0.15, 0.2) is 53.4 Å². The molecule has 0 unspecified atom stereocenters. The van der Waals surface area contributed by atoms with E-state index in [1.165, 1.54) is 12.1 Å². The van der Waals surface area contributed by atoms with Gasteiger partial charge in [0.25, 0.3) is 10.0 Å². The lowest BCUT2D eigenvalue weighted by Crippen LogP contribution is -2.15. The molecule has 0 fully saturated rings. The van der Waals surface area contributed by atoms with Crippen LogP contribution in [0.3, 0.4) is 0 Å². The predicted octanol–water partition coefficient (Wildman–Crippen LogP) is 3.05. The van der Waals surface area contributed by atoms with Crippen LogP contribution < -0.4 is 4.72 Å². The van der Waals surface area contributed by atoms with E-state index in [0.717, 1.165) is 18.2 Å². The van der Waals surface area contributed by atoms with E-state index in [2.05, 4.69) is 4.72 Å².